The first-order valence-electron chi connectivity index (χ1n) is 12.8. The average Bonchev–Trinajstić information content (AvgIpc) is 3.03. The molecule has 0 radical (unpaired) electrons. The highest BCUT2D eigenvalue weighted by Gasteiger charge is 2.29. The van der Waals surface area contributed by atoms with Crippen molar-refractivity contribution in [2.24, 2.45) is 0 Å². The van der Waals surface area contributed by atoms with Crippen LogP contribution in [0.4, 0.5) is 0 Å². The third-order valence-corrected chi connectivity index (χ3v) is 7.10. The van der Waals surface area contributed by atoms with E-state index in [1.165, 1.54) is 16.7 Å². The molecule has 9 heteroatoms. The van der Waals surface area contributed by atoms with Gasteiger partial charge in [-0.2, -0.15) is 0 Å². The lowest BCUT2D eigenvalue weighted by molar-refractivity contribution is -0.134. The molecule has 0 unspecified atom stereocenters. The van der Waals surface area contributed by atoms with Gasteiger partial charge >= 0.3 is 0 Å². The Morgan fingerprint density at radius 1 is 0.947 bits per heavy atom. The zero-order chi connectivity index (χ0) is 27.8. The fraction of sp³-hybridized carbons (Fsp3) is 0.517. The van der Waals surface area contributed by atoms with Crippen molar-refractivity contribution in [1.29, 1.82) is 0 Å². The van der Waals surface area contributed by atoms with E-state index in [2.05, 4.69) is 24.1 Å². The number of rotatable bonds is 10. The van der Waals surface area contributed by atoms with Crippen molar-refractivity contribution in [1.82, 2.24) is 9.80 Å². The van der Waals surface area contributed by atoms with Crippen molar-refractivity contribution in [3.05, 3.63) is 46.5 Å². The summed E-state index contributed by atoms with van der Waals surface area (Å²) in [6, 6.07) is 8.18. The van der Waals surface area contributed by atoms with E-state index in [-0.39, 0.29) is 5.91 Å². The molecule has 4 rings (SSSR count). The van der Waals surface area contributed by atoms with Gasteiger partial charge in [0.1, 0.15) is 0 Å². The van der Waals surface area contributed by atoms with Crippen LogP contribution in [0.2, 0.25) is 0 Å². The molecule has 208 valence electrons. The Kier molecular flexibility index (Phi) is 10.2. The third-order valence-electron chi connectivity index (χ3n) is 7.10. The predicted octanol–water partition coefficient (Wildman–Crippen LogP) is 3.40. The molecule has 0 aromatic heterocycles. The standard InChI is InChI=1S/C27H36N2O5.C2H4O2/c1-28(17-21-11-20-14-25(33-4)26(34-5)16-22(20)21)8-6-9-29-10-7-18-12-23(31-2)24(32-3)13-19(18)15-27(29)30;1-2(3)4/h12-14,16,21H,6-11,15,17H2,1-5H3;1H3,(H,3,4)/t21-;/m1./s1. The largest absolute Gasteiger partial charge is 0.493 e. The lowest BCUT2D eigenvalue weighted by Gasteiger charge is -2.34. The van der Waals surface area contributed by atoms with Gasteiger partial charge in [-0.15, -0.1) is 0 Å². The van der Waals surface area contributed by atoms with Crippen LogP contribution in [-0.4, -0.2) is 88.4 Å². The van der Waals surface area contributed by atoms with Gasteiger partial charge in [0, 0.05) is 32.5 Å². The predicted molar refractivity (Wildman–Crippen MR) is 145 cm³/mol. The molecule has 1 heterocycles. The maximum Gasteiger partial charge on any atom is 0.300 e. The number of ether oxygens (including phenoxy) is 4. The Bertz CT molecular complexity index is 1130. The molecule has 38 heavy (non-hydrogen) atoms. The number of methoxy groups -OCH3 is 4. The fourth-order valence-electron chi connectivity index (χ4n) is 5.15. The molecule has 1 aliphatic heterocycles. The van der Waals surface area contributed by atoms with Crippen LogP contribution in [0.1, 0.15) is 41.5 Å². The number of hydrogen-bond acceptors (Lipinski definition) is 7. The van der Waals surface area contributed by atoms with Gasteiger partial charge in [0.2, 0.25) is 5.91 Å². The second-order valence-corrected chi connectivity index (χ2v) is 9.73. The van der Waals surface area contributed by atoms with E-state index in [1.54, 1.807) is 28.4 Å². The number of carboxylic acid groups (broad SMARTS) is 1. The van der Waals surface area contributed by atoms with Crippen LogP contribution in [0, 0.1) is 0 Å². The van der Waals surface area contributed by atoms with Crippen LogP contribution >= 0.6 is 0 Å². The van der Waals surface area contributed by atoms with Crippen molar-refractivity contribution in [3.8, 4) is 23.0 Å². The quantitative estimate of drug-likeness (QED) is 0.501. The van der Waals surface area contributed by atoms with E-state index in [0.717, 1.165) is 75.2 Å². The van der Waals surface area contributed by atoms with Crippen LogP contribution in [0.3, 0.4) is 0 Å². The van der Waals surface area contributed by atoms with Gasteiger partial charge in [0.25, 0.3) is 5.97 Å². The van der Waals surface area contributed by atoms with Crippen LogP contribution in [-0.2, 0) is 28.9 Å². The molecule has 2 aliphatic rings. The molecule has 2 aromatic carbocycles. The normalized spacial score (nSPS) is 15.8. The zero-order valence-electron chi connectivity index (χ0n) is 23.3. The van der Waals surface area contributed by atoms with Crippen LogP contribution < -0.4 is 18.9 Å². The Labute approximate surface area is 225 Å². The lowest BCUT2D eigenvalue weighted by Crippen LogP contribution is -2.36. The molecule has 2 aromatic rings. The number of carboxylic acids is 1. The summed E-state index contributed by atoms with van der Waals surface area (Å²) in [5.74, 6) is 2.86. The summed E-state index contributed by atoms with van der Waals surface area (Å²) in [5, 5.41) is 7.42. The number of fused-ring (bicyclic) bond motifs is 2. The van der Waals surface area contributed by atoms with Crippen molar-refractivity contribution >= 4 is 11.9 Å². The first kappa shape index (κ1) is 29.1. The highest BCUT2D eigenvalue weighted by Crippen LogP contribution is 2.42. The van der Waals surface area contributed by atoms with Gasteiger partial charge in [-0.25, -0.2) is 0 Å². The van der Waals surface area contributed by atoms with E-state index in [4.69, 9.17) is 28.8 Å². The summed E-state index contributed by atoms with van der Waals surface area (Å²) < 4.78 is 21.7. The second-order valence-electron chi connectivity index (χ2n) is 9.73. The number of carbonyl (C=O) groups excluding carboxylic acids is 1. The molecule has 1 N–H and O–H groups in total. The molecule has 0 fully saturated rings. The molecular formula is C29H40N2O7. The summed E-state index contributed by atoms with van der Waals surface area (Å²) in [6.45, 7) is 4.55. The molecule has 0 spiro atoms. The van der Waals surface area contributed by atoms with Gasteiger partial charge in [-0.1, -0.05) is 0 Å². The maximum atomic E-state index is 12.9. The smallest absolute Gasteiger partial charge is 0.300 e. The molecule has 0 bridgehead atoms. The Balaban J connectivity index is 0.000000934. The minimum Gasteiger partial charge on any atom is -0.493 e. The van der Waals surface area contributed by atoms with E-state index >= 15 is 0 Å². The van der Waals surface area contributed by atoms with Gasteiger partial charge in [0.05, 0.1) is 34.9 Å². The summed E-state index contributed by atoms with van der Waals surface area (Å²) in [7, 11) is 8.79. The minimum absolute atomic E-state index is 0.183. The molecule has 0 saturated carbocycles. The SMILES string of the molecule is CC(=O)O.COc1cc2c(cc1OC)CC(=O)N(CCCN(C)C[C@H]1Cc3cc(OC)c(OC)cc31)CC2. The molecule has 1 aliphatic carbocycles. The number of carbonyl (C=O) groups is 2. The number of hydrogen-bond donors (Lipinski definition) is 1. The van der Waals surface area contributed by atoms with E-state index < -0.39 is 5.97 Å². The number of likely N-dealkylation sites (N-methyl/N-ethyl adjacent to an activating group) is 1. The summed E-state index contributed by atoms with van der Waals surface area (Å²) in [5.41, 5.74) is 4.91. The maximum absolute atomic E-state index is 12.9. The first-order chi connectivity index (χ1) is 18.2. The van der Waals surface area contributed by atoms with Crippen LogP contribution in [0.15, 0.2) is 24.3 Å². The lowest BCUT2D eigenvalue weighted by atomic mass is 9.77. The second kappa shape index (κ2) is 13.4. The van der Waals surface area contributed by atoms with E-state index in [0.29, 0.717) is 18.1 Å². The molecular weight excluding hydrogens is 488 g/mol. The van der Waals surface area contributed by atoms with Crippen molar-refractivity contribution in [2.75, 3.05) is 61.7 Å². The first-order valence-corrected chi connectivity index (χ1v) is 12.8. The highest BCUT2D eigenvalue weighted by molar-refractivity contribution is 5.80. The monoisotopic (exact) mass is 528 g/mol. The van der Waals surface area contributed by atoms with Crippen molar-refractivity contribution in [3.63, 3.8) is 0 Å². The Morgan fingerprint density at radius 3 is 2.05 bits per heavy atom. The fourth-order valence-corrected chi connectivity index (χ4v) is 5.15. The summed E-state index contributed by atoms with van der Waals surface area (Å²) in [6.07, 6.45) is 3.27. The van der Waals surface area contributed by atoms with Gasteiger partial charge in [-0.05, 0) is 79.4 Å². The van der Waals surface area contributed by atoms with E-state index in [9.17, 15) is 4.79 Å². The van der Waals surface area contributed by atoms with E-state index in [1.807, 2.05) is 17.0 Å². The molecule has 0 saturated heterocycles. The Hall–Kier alpha value is -3.46. The highest BCUT2D eigenvalue weighted by atomic mass is 16.5. The van der Waals surface area contributed by atoms with Gasteiger partial charge < -0.3 is 33.9 Å². The summed E-state index contributed by atoms with van der Waals surface area (Å²) in [4.78, 5) is 26.3. The number of amides is 1. The van der Waals surface area contributed by atoms with Gasteiger partial charge in [-0.3, -0.25) is 9.59 Å². The zero-order valence-corrected chi connectivity index (χ0v) is 23.3. The van der Waals surface area contributed by atoms with Crippen LogP contribution in [0.5, 0.6) is 23.0 Å². The topological polar surface area (TPSA) is 97.8 Å². The molecule has 1 atom stereocenters. The molecule has 1 amide bonds. The summed E-state index contributed by atoms with van der Waals surface area (Å²) >= 11 is 0. The number of aliphatic carboxylic acids is 1. The van der Waals surface area contributed by atoms with Crippen LogP contribution in [0.25, 0.3) is 0 Å². The minimum atomic E-state index is -0.833. The number of benzene rings is 2. The van der Waals surface area contributed by atoms with Gasteiger partial charge in [0.15, 0.2) is 23.0 Å². The van der Waals surface area contributed by atoms with Crippen molar-refractivity contribution < 1.29 is 33.6 Å². The average molecular weight is 529 g/mol. The molecule has 9 nitrogen and oxygen atoms in total. The number of nitrogens with zero attached hydrogens (tertiary/aromatic N) is 2. The van der Waals surface area contributed by atoms with Crippen molar-refractivity contribution in [2.45, 2.75) is 38.5 Å². The third kappa shape index (κ3) is 7.10. The Morgan fingerprint density at radius 2 is 1.47 bits per heavy atom.